The smallest absolute Gasteiger partial charge is 0.234 e. The van der Waals surface area contributed by atoms with E-state index in [1.165, 1.54) is 43.5 Å². The number of piperazine rings is 1. The molecule has 0 radical (unpaired) electrons. The molecule has 7 heterocycles. The zero-order valence-corrected chi connectivity index (χ0v) is 29.7. The average Bonchev–Trinajstić information content (AvgIpc) is 3.96. The second-order valence-electron chi connectivity index (χ2n) is 15.0. The molecule has 1 saturated carbocycles. The predicted octanol–water partition coefficient (Wildman–Crippen LogP) is 5.33. The van der Waals surface area contributed by atoms with Crippen LogP contribution in [-0.4, -0.2) is 83.4 Å². The Bertz CT molecular complexity index is 2050. The molecule has 52 heavy (non-hydrogen) atoms. The number of imide groups is 1. The molecule has 4 aliphatic rings. The van der Waals surface area contributed by atoms with E-state index in [1.807, 2.05) is 31.0 Å². The van der Waals surface area contributed by atoms with E-state index in [1.54, 1.807) is 0 Å². The number of nitrogens with one attached hydrogen (secondary N) is 2. The van der Waals surface area contributed by atoms with Gasteiger partial charge in [0.25, 0.3) is 0 Å². The Morgan fingerprint density at radius 1 is 0.846 bits per heavy atom. The van der Waals surface area contributed by atoms with E-state index < -0.39 is 0 Å². The molecule has 13 nitrogen and oxygen atoms in total. The van der Waals surface area contributed by atoms with Gasteiger partial charge in [0.2, 0.25) is 11.8 Å². The Labute approximate surface area is 303 Å². The number of benzene rings is 1. The van der Waals surface area contributed by atoms with E-state index in [2.05, 4.69) is 74.7 Å². The highest BCUT2D eigenvalue weighted by Gasteiger charge is 2.29. The minimum Gasteiger partial charge on any atom is -0.369 e. The highest BCUT2D eigenvalue weighted by atomic mass is 16.2. The molecule has 270 valence electrons. The van der Waals surface area contributed by atoms with Gasteiger partial charge in [-0.25, -0.2) is 9.97 Å². The number of carbonyl (C=O) groups is 2. The van der Waals surface area contributed by atoms with Crippen LogP contribution in [0.5, 0.6) is 0 Å². The van der Waals surface area contributed by atoms with Crippen LogP contribution in [0.4, 0.5) is 17.2 Å². The highest BCUT2D eigenvalue weighted by molar-refractivity contribution is 6.01. The van der Waals surface area contributed by atoms with Gasteiger partial charge in [0.15, 0.2) is 11.5 Å². The molecule has 4 aromatic heterocycles. The van der Waals surface area contributed by atoms with Gasteiger partial charge in [0.05, 0.1) is 41.9 Å². The molecule has 2 amide bonds. The van der Waals surface area contributed by atoms with Crippen molar-refractivity contribution in [1.82, 2.24) is 44.1 Å². The number of aromatic nitrogens is 7. The topological polar surface area (TPSA) is 131 Å². The number of fused-ring (bicyclic) bond motifs is 2. The van der Waals surface area contributed by atoms with E-state index >= 15 is 0 Å². The summed E-state index contributed by atoms with van der Waals surface area (Å²) in [5, 5.41) is 15.4. The zero-order chi connectivity index (χ0) is 35.0. The summed E-state index contributed by atoms with van der Waals surface area (Å²) >= 11 is 0. The van der Waals surface area contributed by atoms with Crippen molar-refractivity contribution in [2.45, 2.75) is 82.7 Å². The minimum absolute atomic E-state index is 0.169. The average molecular weight is 702 g/mol. The van der Waals surface area contributed by atoms with Crippen molar-refractivity contribution in [3.8, 4) is 11.3 Å². The number of nitrogens with zero attached hydrogens (tertiary/aromatic N) is 9. The summed E-state index contributed by atoms with van der Waals surface area (Å²) in [6, 6.07) is 8.80. The monoisotopic (exact) mass is 701 g/mol. The van der Waals surface area contributed by atoms with E-state index in [4.69, 9.17) is 10.1 Å². The van der Waals surface area contributed by atoms with Crippen LogP contribution in [-0.2, 0) is 22.6 Å². The van der Waals surface area contributed by atoms with Gasteiger partial charge in [0, 0.05) is 74.7 Å². The fraction of sp³-hybridized carbons (Fsp3) is 0.487. The predicted molar refractivity (Wildman–Crippen MR) is 198 cm³/mol. The summed E-state index contributed by atoms with van der Waals surface area (Å²) in [5.41, 5.74) is 7.37. The molecule has 1 aromatic carbocycles. The fourth-order valence-electron chi connectivity index (χ4n) is 8.80. The van der Waals surface area contributed by atoms with E-state index in [0.717, 1.165) is 98.4 Å². The van der Waals surface area contributed by atoms with Gasteiger partial charge in [-0.1, -0.05) is 12.1 Å². The first-order chi connectivity index (χ1) is 25.6. The van der Waals surface area contributed by atoms with Gasteiger partial charge in [-0.15, -0.1) is 0 Å². The van der Waals surface area contributed by atoms with Gasteiger partial charge < -0.3 is 10.2 Å². The summed E-state index contributed by atoms with van der Waals surface area (Å²) in [7, 11) is 0. The Kier molecular flexibility index (Phi) is 8.95. The third kappa shape index (κ3) is 6.57. The Hall–Kier alpha value is -5.04. The second kappa shape index (κ2) is 14.2. The number of anilines is 3. The molecule has 0 spiro atoms. The SMILES string of the molecule is O=C1CCC(c2ccc(N3CCN(CCC4CCC(n5cc(Nc6ncc(-c7cnn8c7CCCC8)n7ccnc67)cn5)CC4)CC3)cc2)C(=O)N1. The largest absolute Gasteiger partial charge is 0.369 e. The summed E-state index contributed by atoms with van der Waals surface area (Å²) in [6.45, 7) is 6.31. The van der Waals surface area contributed by atoms with Crippen molar-refractivity contribution in [3.63, 3.8) is 0 Å². The molecule has 5 aromatic rings. The quantitative estimate of drug-likeness (QED) is 0.196. The van der Waals surface area contributed by atoms with Gasteiger partial charge >= 0.3 is 0 Å². The third-order valence-corrected chi connectivity index (χ3v) is 11.9. The van der Waals surface area contributed by atoms with E-state index in [9.17, 15) is 9.59 Å². The molecule has 2 N–H and O–H groups in total. The lowest BCUT2D eigenvalue weighted by molar-refractivity contribution is -0.134. The molecular formula is C39H47N11O2. The first-order valence-electron chi connectivity index (χ1n) is 19.1. The van der Waals surface area contributed by atoms with Crippen LogP contribution >= 0.6 is 0 Å². The Morgan fingerprint density at radius 2 is 1.69 bits per heavy atom. The third-order valence-electron chi connectivity index (χ3n) is 11.9. The van der Waals surface area contributed by atoms with Crippen LogP contribution < -0.4 is 15.5 Å². The van der Waals surface area contributed by atoms with Crippen LogP contribution in [0.1, 0.15) is 81.0 Å². The summed E-state index contributed by atoms with van der Waals surface area (Å²) in [5.74, 6) is 0.915. The molecule has 2 saturated heterocycles. The first kappa shape index (κ1) is 32.8. The zero-order valence-electron chi connectivity index (χ0n) is 29.7. The van der Waals surface area contributed by atoms with Crippen molar-refractivity contribution in [3.05, 3.63) is 72.7 Å². The fourth-order valence-corrected chi connectivity index (χ4v) is 8.80. The number of piperidine rings is 1. The number of rotatable bonds is 9. The van der Waals surface area contributed by atoms with Crippen molar-refractivity contribution in [1.29, 1.82) is 0 Å². The molecule has 0 bridgehead atoms. The normalized spacial score (nSPS) is 22.8. The van der Waals surface area contributed by atoms with Crippen molar-refractivity contribution < 1.29 is 9.59 Å². The van der Waals surface area contributed by atoms with Crippen LogP contribution in [0.25, 0.3) is 16.9 Å². The van der Waals surface area contributed by atoms with Crippen molar-refractivity contribution in [2.24, 2.45) is 5.92 Å². The molecule has 9 rings (SSSR count). The van der Waals surface area contributed by atoms with E-state index in [-0.39, 0.29) is 17.7 Å². The maximum absolute atomic E-state index is 12.3. The number of carbonyl (C=O) groups excluding carboxylic acids is 2. The number of amides is 2. The molecule has 3 fully saturated rings. The van der Waals surface area contributed by atoms with E-state index in [0.29, 0.717) is 18.9 Å². The maximum atomic E-state index is 12.3. The molecule has 13 heteroatoms. The number of aryl methyl sites for hydroxylation is 1. The lowest BCUT2D eigenvalue weighted by Gasteiger charge is -2.37. The first-order valence-corrected chi connectivity index (χ1v) is 19.1. The minimum atomic E-state index is -0.229. The lowest BCUT2D eigenvalue weighted by Crippen LogP contribution is -2.47. The van der Waals surface area contributed by atoms with Gasteiger partial charge in [-0.3, -0.25) is 33.6 Å². The Balaban J connectivity index is 0.738. The van der Waals surface area contributed by atoms with Crippen LogP contribution in [0, 0.1) is 5.92 Å². The maximum Gasteiger partial charge on any atom is 0.234 e. The van der Waals surface area contributed by atoms with Gasteiger partial charge in [-0.05, 0) is 87.9 Å². The lowest BCUT2D eigenvalue weighted by atomic mass is 9.84. The summed E-state index contributed by atoms with van der Waals surface area (Å²) in [6.07, 6.45) is 22.2. The number of hydrogen-bond acceptors (Lipinski definition) is 9. The van der Waals surface area contributed by atoms with Crippen molar-refractivity contribution in [2.75, 3.05) is 42.9 Å². The molecular weight excluding hydrogens is 655 g/mol. The second-order valence-corrected chi connectivity index (χ2v) is 15.0. The molecule has 1 aliphatic carbocycles. The summed E-state index contributed by atoms with van der Waals surface area (Å²) in [4.78, 5) is 38.3. The molecule has 3 aliphatic heterocycles. The summed E-state index contributed by atoms with van der Waals surface area (Å²) < 4.78 is 6.39. The van der Waals surface area contributed by atoms with Crippen LogP contribution in [0.3, 0.4) is 0 Å². The van der Waals surface area contributed by atoms with Crippen molar-refractivity contribution >= 4 is 34.7 Å². The molecule has 1 atom stereocenters. The standard InChI is InChI=1S/C39H47N11O2/c51-36-13-12-32(39(52)45-36)28-6-10-30(11-7-28)47-21-19-46(20-22-47)17-14-27-4-8-31(9-5-27)50-26-29(23-42-50)44-37-38-40-15-18-48(38)35(25-41-37)33-24-43-49-16-2-1-3-34(33)49/h6-7,10-11,15,18,23-27,31-32H,1-5,8-9,12-14,16-17,19-22H2,(H,41,44)(H,45,51,52). The van der Waals surface area contributed by atoms with Gasteiger partial charge in [0.1, 0.15) is 0 Å². The molecule has 1 unspecified atom stereocenters. The number of imidazole rings is 1. The Morgan fingerprint density at radius 3 is 2.52 bits per heavy atom. The number of hydrogen-bond donors (Lipinski definition) is 2. The van der Waals surface area contributed by atoms with Crippen LogP contribution in [0.2, 0.25) is 0 Å². The van der Waals surface area contributed by atoms with Crippen LogP contribution in [0.15, 0.2) is 61.4 Å². The highest BCUT2D eigenvalue weighted by Crippen LogP contribution is 2.35. The van der Waals surface area contributed by atoms with Gasteiger partial charge in [-0.2, -0.15) is 10.2 Å².